The average molecular weight is 309 g/mol. The molecule has 3 rings (SSSR count). The summed E-state index contributed by atoms with van der Waals surface area (Å²) < 4.78 is 1.49. The lowest BCUT2D eigenvalue weighted by Gasteiger charge is -2.12. The molecule has 0 radical (unpaired) electrons. The minimum atomic E-state index is -0.0999. The van der Waals surface area contributed by atoms with Gasteiger partial charge in [-0.15, -0.1) is 0 Å². The number of benzene rings is 2. The third-order valence-electron chi connectivity index (χ3n) is 3.67. The Labute approximate surface area is 134 Å². The molecule has 3 aromatic rings. The van der Waals surface area contributed by atoms with E-state index in [-0.39, 0.29) is 12.2 Å². The zero-order chi connectivity index (χ0) is 16.1. The van der Waals surface area contributed by atoms with E-state index in [4.69, 9.17) is 5.11 Å². The fourth-order valence-electron chi connectivity index (χ4n) is 2.52. The van der Waals surface area contributed by atoms with Gasteiger partial charge in [-0.3, -0.25) is 4.79 Å². The van der Waals surface area contributed by atoms with Crippen LogP contribution < -0.4 is 10.9 Å². The van der Waals surface area contributed by atoms with Crippen LogP contribution in [0.5, 0.6) is 0 Å². The number of aliphatic hydroxyl groups excluding tert-OH is 1. The predicted molar refractivity (Wildman–Crippen MR) is 91.7 cm³/mol. The van der Waals surface area contributed by atoms with Gasteiger partial charge in [0, 0.05) is 18.5 Å². The van der Waals surface area contributed by atoms with Crippen LogP contribution in [0.1, 0.15) is 12.0 Å². The molecule has 0 aliphatic carbocycles. The van der Waals surface area contributed by atoms with Gasteiger partial charge in [-0.25, -0.2) is 4.68 Å². The van der Waals surface area contributed by atoms with Crippen LogP contribution in [0.15, 0.2) is 59.4 Å². The summed E-state index contributed by atoms with van der Waals surface area (Å²) in [7, 11) is 0. The summed E-state index contributed by atoms with van der Waals surface area (Å²) in [5.41, 5.74) is 0.927. The number of aliphatic hydroxyl groups is 1. The highest BCUT2D eigenvalue weighted by molar-refractivity contribution is 5.90. The Morgan fingerprint density at radius 3 is 2.43 bits per heavy atom. The van der Waals surface area contributed by atoms with Crippen molar-refractivity contribution in [1.82, 2.24) is 9.78 Å². The average Bonchev–Trinajstić information content (AvgIpc) is 2.60. The van der Waals surface area contributed by atoms with E-state index in [1.807, 2.05) is 54.6 Å². The third-order valence-corrected chi connectivity index (χ3v) is 3.67. The number of anilines is 1. The van der Waals surface area contributed by atoms with Crippen LogP contribution in [-0.2, 0) is 6.54 Å². The Morgan fingerprint density at radius 2 is 1.70 bits per heavy atom. The molecule has 118 valence electrons. The Morgan fingerprint density at radius 1 is 1.00 bits per heavy atom. The maximum Gasteiger partial charge on any atom is 0.275 e. The van der Waals surface area contributed by atoms with E-state index < -0.39 is 0 Å². The zero-order valence-electron chi connectivity index (χ0n) is 12.8. The van der Waals surface area contributed by atoms with Crippen molar-refractivity contribution in [2.75, 3.05) is 18.5 Å². The largest absolute Gasteiger partial charge is 0.396 e. The summed E-state index contributed by atoms with van der Waals surface area (Å²) in [6.45, 7) is 1.16. The Hall–Kier alpha value is -2.66. The summed E-state index contributed by atoms with van der Waals surface area (Å²) in [5, 5.41) is 18.1. The summed E-state index contributed by atoms with van der Waals surface area (Å²) >= 11 is 0. The SMILES string of the molecule is O=c1c2ccccc2c(NCCCO)nn1Cc1ccccc1. The van der Waals surface area contributed by atoms with E-state index in [0.717, 1.165) is 10.9 Å². The molecule has 2 N–H and O–H groups in total. The molecule has 5 nitrogen and oxygen atoms in total. The molecule has 0 fully saturated rings. The third kappa shape index (κ3) is 3.40. The highest BCUT2D eigenvalue weighted by Gasteiger charge is 2.10. The summed E-state index contributed by atoms with van der Waals surface area (Å²) in [5.74, 6) is 0.671. The molecule has 1 aromatic heterocycles. The molecule has 0 aliphatic heterocycles. The minimum Gasteiger partial charge on any atom is -0.396 e. The highest BCUT2D eigenvalue weighted by atomic mass is 16.3. The molecule has 5 heteroatoms. The quantitative estimate of drug-likeness (QED) is 0.685. The van der Waals surface area contributed by atoms with Crippen molar-refractivity contribution < 1.29 is 5.11 Å². The Bertz CT molecular complexity index is 844. The van der Waals surface area contributed by atoms with Crippen molar-refractivity contribution in [1.29, 1.82) is 0 Å². The van der Waals surface area contributed by atoms with Crippen LogP contribution in [0.2, 0.25) is 0 Å². The fourth-order valence-corrected chi connectivity index (χ4v) is 2.52. The molecule has 0 spiro atoms. The Balaban J connectivity index is 2.03. The first kappa shape index (κ1) is 15.2. The van der Waals surface area contributed by atoms with Gasteiger partial charge >= 0.3 is 0 Å². The van der Waals surface area contributed by atoms with Gasteiger partial charge in [-0.05, 0) is 18.1 Å². The smallest absolute Gasteiger partial charge is 0.275 e. The van der Waals surface area contributed by atoms with Crippen LogP contribution in [0.4, 0.5) is 5.82 Å². The van der Waals surface area contributed by atoms with Crippen molar-refractivity contribution in [2.24, 2.45) is 0 Å². The number of fused-ring (bicyclic) bond motifs is 1. The zero-order valence-corrected chi connectivity index (χ0v) is 12.8. The van der Waals surface area contributed by atoms with Crippen LogP contribution in [-0.4, -0.2) is 28.0 Å². The normalized spacial score (nSPS) is 10.8. The summed E-state index contributed by atoms with van der Waals surface area (Å²) in [4.78, 5) is 12.6. The van der Waals surface area contributed by atoms with E-state index in [9.17, 15) is 4.79 Å². The maximum atomic E-state index is 12.6. The first-order valence-electron chi connectivity index (χ1n) is 7.68. The second-order valence-corrected chi connectivity index (χ2v) is 5.35. The predicted octanol–water partition coefficient (Wildman–Crippen LogP) is 2.24. The van der Waals surface area contributed by atoms with E-state index >= 15 is 0 Å². The Kier molecular flexibility index (Phi) is 4.68. The van der Waals surface area contributed by atoms with Crippen molar-refractivity contribution in [3.8, 4) is 0 Å². The van der Waals surface area contributed by atoms with Crippen molar-refractivity contribution in [3.63, 3.8) is 0 Å². The molecule has 0 saturated carbocycles. The van der Waals surface area contributed by atoms with E-state index in [1.165, 1.54) is 4.68 Å². The van der Waals surface area contributed by atoms with Crippen LogP contribution >= 0.6 is 0 Å². The number of aromatic nitrogens is 2. The van der Waals surface area contributed by atoms with E-state index in [0.29, 0.717) is 30.7 Å². The lowest BCUT2D eigenvalue weighted by atomic mass is 10.2. The standard InChI is InChI=1S/C18H19N3O2/c22-12-6-11-19-17-15-9-4-5-10-16(15)18(23)21(20-17)13-14-7-2-1-3-8-14/h1-5,7-10,22H,6,11-13H2,(H,19,20). The first-order chi connectivity index (χ1) is 11.3. The number of hydrogen-bond donors (Lipinski definition) is 2. The molecular formula is C18H19N3O2. The molecule has 2 aromatic carbocycles. The molecule has 0 amide bonds. The van der Waals surface area contributed by atoms with Gasteiger partial charge in [0.15, 0.2) is 5.82 Å². The fraction of sp³-hybridized carbons (Fsp3) is 0.222. The number of nitrogens with zero attached hydrogens (tertiary/aromatic N) is 2. The lowest BCUT2D eigenvalue weighted by molar-refractivity contribution is 0.292. The number of hydrogen-bond acceptors (Lipinski definition) is 4. The van der Waals surface area contributed by atoms with Gasteiger partial charge in [0.05, 0.1) is 11.9 Å². The van der Waals surface area contributed by atoms with Gasteiger partial charge in [-0.2, -0.15) is 5.10 Å². The van der Waals surface area contributed by atoms with Gasteiger partial charge in [-0.1, -0.05) is 48.5 Å². The molecule has 0 atom stereocenters. The molecule has 0 aliphatic rings. The van der Waals surface area contributed by atoms with Crippen LogP contribution in [0, 0.1) is 0 Å². The molecular weight excluding hydrogens is 290 g/mol. The summed E-state index contributed by atoms with van der Waals surface area (Å²) in [6, 6.07) is 17.2. The van der Waals surface area contributed by atoms with Crippen molar-refractivity contribution in [2.45, 2.75) is 13.0 Å². The van der Waals surface area contributed by atoms with Crippen molar-refractivity contribution >= 4 is 16.6 Å². The number of nitrogens with one attached hydrogen (secondary N) is 1. The van der Waals surface area contributed by atoms with Gasteiger partial charge in [0.1, 0.15) is 0 Å². The second-order valence-electron chi connectivity index (χ2n) is 5.35. The monoisotopic (exact) mass is 309 g/mol. The number of rotatable bonds is 6. The van der Waals surface area contributed by atoms with Gasteiger partial charge < -0.3 is 10.4 Å². The van der Waals surface area contributed by atoms with E-state index in [1.54, 1.807) is 0 Å². The molecule has 0 unspecified atom stereocenters. The lowest BCUT2D eigenvalue weighted by Crippen LogP contribution is -2.25. The molecule has 23 heavy (non-hydrogen) atoms. The second kappa shape index (κ2) is 7.07. The van der Waals surface area contributed by atoms with Crippen LogP contribution in [0.25, 0.3) is 10.8 Å². The van der Waals surface area contributed by atoms with Crippen molar-refractivity contribution in [3.05, 3.63) is 70.5 Å². The topological polar surface area (TPSA) is 67.2 Å². The highest BCUT2D eigenvalue weighted by Crippen LogP contribution is 2.18. The van der Waals surface area contributed by atoms with Gasteiger partial charge in [0.2, 0.25) is 0 Å². The van der Waals surface area contributed by atoms with E-state index in [2.05, 4.69) is 10.4 Å². The molecule has 0 bridgehead atoms. The maximum absolute atomic E-state index is 12.6. The molecule has 0 saturated heterocycles. The first-order valence-corrected chi connectivity index (χ1v) is 7.68. The van der Waals surface area contributed by atoms with Gasteiger partial charge in [0.25, 0.3) is 5.56 Å². The molecule has 1 heterocycles. The summed E-state index contributed by atoms with van der Waals surface area (Å²) in [6.07, 6.45) is 0.633. The minimum absolute atomic E-state index is 0.0999. The van der Waals surface area contributed by atoms with Crippen LogP contribution in [0.3, 0.4) is 0 Å².